The third kappa shape index (κ3) is 2.97. The normalized spacial score (nSPS) is 20.9. The third-order valence-corrected chi connectivity index (χ3v) is 3.34. The summed E-state index contributed by atoms with van der Waals surface area (Å²) in [7, 11) is 0. The van der Waals surface area contributed by atoms with Gasteiger partial charge in [-0.25, -0.2) is 0 Å². The van der Waals surface area contributed by atoms with E-state index < -0.39 is 11.4 Å². The van der Waals surface area contributed by atoms with Crippen LogP contribution in [0.3, 0.4) is 0 Å². The van der Waals surface area contributed by atoms with Crippen LogP contribution in [0.25, 0.3) is 0 Å². The first-order valence-electron chi connectivity index (χ1n) is 5.94. The topological polar surface area (TPSA) is 66.4 Å². The van der Waals surface area contributed by atoms with Gasteiger partial charge in [0.15, 0.2) is 0 Å². The second-order valence-electron chi connectivity index (χ2n) is 5.10. The van der Waals surface area contributed by atoms with Gasteiger partial charge in [0.05, 0.1) is 0 Å². The summed E-state index contributed by atoms with van der Waals surface area (Å²) in [6.07, 6.45) is 3.24. The summed E-state index contributed by atoms with van der Waals surface area (Å²) in [4.78, 5) is 23.2. The number of aliphatic carboxylic acids is 1. The van der Waals surface area contributed by atoms with Crippen LogP contribution in [0.1, 0.15) is 46.5 Å². The van der Waals surface area contributed by atoms with Gasteiger partial charge < -0.3 is 10.4 Å². The van der Waals surface area contributed by atoms with Crippen LogP contribution >= 0.6 is 0 Å². The number of carboxylic acid groups (broad SMARTS) is 1. The van der Waals surface area contributed by atoms with Gasteiger partial charge in [-0.15, -0.1) is 0 Å². The molecule has 0 saturated heterocycles. The van der Waals surface area contributed by atoms with Crippen molar-refractivity contribution in [2.24, 2.45) is 11.3 Å². The maximum Gasteiger partial charge on any atom is 0.318 e. The zero-order chi connectivity index (χ0) is 12.3. The zero-order valence-electron chi connectivity index (χ0n) is 10.2. The molecule has 0 spiro atoms. The van der Waals surface area contributed by atoms with Crippen LogP contribution in [0.5, 0.6) is 0 Å². The second kappa shape index (κ2) is 4.85. The molecule has 4 nitrogen and oxygen atoms in total. The zero-order valence-corrected chi connectivity index (χ0v) is 10.2. The first-order valence-corrected chi connectivity index (χ1v) is 5.94. The van der Waals surface area contributed by atoms with Gasteiger partial charge >= 0.3 is 5.97 Å². The quantitative estimate of drug-likeness (QED) is 0.680. The van der Waals surface area contributed by atoms with E-state index in [4.69, 9.17) is 0 Å². The van der Waals surface area contributed by atoms with Crippen molar-refractivity contribution in [3.63, 3.8) is 0 Å². The van der Waals surface area contributed by atoms with Gasteiger partial charge in [-0.2, -0.15) is 0 Å². The number of hydrogen-bond acceptors (Lipinski definition) is 2. The van der Waals surface area contributed by atoms with Crippen LogP contribution in [0, 0.1) is 11.3 Å². The molecule has 2 unspecified atom stereocenters. The summed E-state index contributed by atoms with van der Waals surface area (Å²) >= 11 is 0. The Morgan fingerprint density at radius 3 is 2.44 bits per heavy atom. The van der Waals surface area contributed by atoms with Crippen molar-refractivity contribution in [2.45, 2.75) is 52.5 Å². The highest BCUT2D eigenvalue weighted by Gasteiger charge is 2.43. The molecule has 1 saturated carbocycles. The highest BCUT2D eigenvalue weighted by atomic mass is 16.4. The number of carbonyl (C=O) groups is 2. The number of nitrogens with one attached hydrogen (secondary N) is 1. The van der Waals surface area contributed by atoms with E-state index in [1.807, 2.05) is 13.8 Å². The minimum Gasteiger partial charge on any atom is -0.480 e. The maximum absolute atomic E-state index is 11.9. The van der Waals surface area contributed by atoms with Crippen molar-refractivity contribution in [1.29, 1.82) is 0 Å². The SMILES string of the molecule is CCC(C)CC(C)(C(=O)O)C(=O)NC1CC1. The van der Waals surface area contributed by atoms with Gasteiger partial charge in [-0.3, -0.25) is 9.59 Å². The Morgan fingerprint density at radius 2 is 2.06 bits per heavy atom. The van der Waals surface area contributed by atoms with Crippen molar-refractivity contribution in [3.8, 4) is 0 Å². The Kier molecular flexibility index (Phi) is 3.94. The lowest BCUT2D eigenvalue weighted by Gasteiger charge is -2.26. The molecule has 2 atom stereocenters. The lowest BCUT2D eigenvalue weighted by Crippen LogP contribution is -2.46. The highest BCUT2D eigenvalue weighted by Crippen LogP contribution is 2.30. The molecule has 1 aliphatic carbocycles. The van der Waals surface area contributed by atoms with Crippen LogP contribution in [0.4, 0.5) is 0 Å². The maximum atomic E-state index is 11.9. The summed E-state index contributed by atoms with van der Waals surface area (Å²) in [5, 5.41) is 12.0. The van der Waals surface area contributed by atoms with Crippen molar-refractivity contribution < 1.29 is 14.7 Å². The molecule has 0 aliphatic heterocycles. The molecule has 0 bridgehead atoms. The molecule has 4 heteroatoms. The standard InChI is InChI=1S/C12H21NO3/c1-4-8(2)7-12(3,11(15)16)10(14)13-9-5-6-9/h8-9H,4-7H2,1-3H3,(H,13,14)(H,15,16). The predicted octanol–water partition coefficient (Wildman–Crippen LogP) is 1.79. The van der Waals surface area contributed by atoms with E-state index in [1.54, 1.807) is 0 Å². The van der Waals surface area contributed by atoms with Crippen molar-refractivity contribution in [2.75, 3.05) is 0 Å². The van der Waals surface area contributed by atoms with Crippen LogP contribution in [0.2, 0.25) is 0 Å². The van der Waals surface area contributed by atoms with Gasteiger partial charge in [0.2, 0.25) is 5.91 Å². The van der Waals surface area contributed by atoms with Crippen LogP contribution in [0.15, 0.2) is 0 Å². The number of amides is 1. The summed E-state index contributed by atoms with van der Waals surface area (Å²) in [5.74, 6) is -1.11. The Bertz CT molecular complexity index is 286. The monoisotopic (exact) mass is 227 g/mol. The van der Waals surface area contributed by atoms with E-state index in [9.17, 15) is 14.7 Å². The predicted molar refractivity (Wildman–Crippen MR) is 61.0 cm³/mol. The Hall–Kier alpha value is -1.06. The minimum atomic E-state index is -1.28. The molecule has 1 rings (SSSR count). The van der Waals surface area contributed by atoms with E-state index >= 15 is 0 Å². The van der Waals surface area contributed by atoms with Gasteiger partial charge in [0.1, 0.15) is 5.41 Å². The Labute approximate surface area is 96.4 Å². The molecule has 92 valence electrons. The van der Waals surface area contributed by atoms with E-state index in [0.29, 0.717) is 6.42 Å². The number of hydrogen-bond donors (Lipinski definition) is 2. The van der Waals surface area contributed by atoms with Crippen LogP contribution < -0.4 is 5.32 Å². The first kappa shape index (κ1) is 13.0. The highest BCUT2D eigenvalue weighted by molar-refractivity contribution is 6.01. The first-order chi connectivity index (χ1) is 7.40. The number of rotatable bonds is 6. The molecular formula is C12H21NO3. The fraction of sp³-hybridized carbons (Fsp3) is 0.833. The summed E-state index contributed by atoms with van der Waals surface area (Å²) in [6, 6.07) is 0.211. The van der Waals surface area contributed by atoms with E-state index in [2.05, 4.69) is 5.32 Å². The number of carboxylic acids is 1. The molecule has 0 aromatic rings. The summed E-state index contributed by atoms with van der Waals surface area (Å²) in [6.45, 7) is 5.51. The molecule has 0 heterocycles. The average Bonchev–Trinajstić information content (AvgIpc) is 3.00. The van der Waals surface area contributed by atoms with E-state index in [-0.39, 0.29) is 17.9 Å². The third-order valence-electron chi connectivity index (χ3n) is 3.34. The van der Waals surface area contributed by atoms with Crippen molar-refractivity contribution in [3.05, 3.63) is 0 Å². The largest absolute Gasteiger partial charge is 0.480 e. The van der Waals surface area contributed by atoms with E-state index in [1.165, 1.54) is 6.92 Å². The van der Waals surface area contributed by atoms with Crippen molar-refractivity contribution in [1.82, 2.24) is 5.32 Å². The average molecular weight is 227 g/mol. The summed E-state index contributed by atoms with van der Waals surface area (Å²) < 4.78 is 0. The fourth-order valence-electron chi connectivity index (χ4n) is 1.69. The Balaban J connectivity index is 2.69. The minimum absolute atomic E-state index is 0.211. The molecule has 16 heavy (non-hydrogen) atoms. The second-order valence-corrected chi connectivity index (χ2v) is 5.10. The molecule has 2 N–H and O–H groups in total. The molecule has 0 aromatic carbocycles. The lowest BCUT2D eigenvalue weighted by molar-refractivity contribution is -0.156. The lowest BCUT2D eigenvalue weighted by atomic mass is 9.79. The molecule has 1 amide bonds. The van der Waals surface area contributed by atoms with Gasteiger partial charge in [-0.05, 0) is 32.1 Å². The van der Waals surface area contributed by atoms with Crippen LogP contribution in [-0.2, 0) is 9.59 Å². The van der Waals surface area contributed by atoms with E-state index in [0.717, 1.165) is 19.3 Å². The van der Waals surface area contributed by atoms with Crippen molar-refractivity contribution >= 4 is 11.9 Å². The van der Waals surface area contributed by atoms with Gasteiger partial charge in [0, 0.05) is 6.04 Å². The Morgan fingerprint density at radius 1 is 1.50 bits per heavy atom. The molecule has 0 aromatic heterocycles. The molecule has 1 fully saturated rings. The summed E-state index contributed by atoms with van der Waals surface area (Å²) in [5.41, 5.74) is -1.28. The molecule has 0 radical (unpaired) electrons. The molecule has 1 aliphatic rings. The van der Waals surface area contributed by atoms with Crippen LogP contribution in [-0.4, -0.2) is 23.0 Å². The fourth-order valence-corrected chi connectivity index (χ4v) is 1.69. The number of carbonyl (C=O) groups excluding carboxylic acids is 1. The smallest absolute Gasteiger partial charge is 0.318 e. The van der Waals surface area contributed by atoms with Gasteiger partial charge in [-0.1, -0.05) is 20.3 Å². The van der Waals surface area contributed by atoms with Gasteiger partial charge in [0.25, 0.3) is 0 Å². The molecular weight excluding hydrogens is 206 g/mol.